The Bertz CT molecular complexity index is 523. The van der Waals surface area contributed by atoms with E-state index in [1.54, 1.807) is 0 Å². The summed E-state index contributed by atoms with van der Waals surface area (Å²) in [6.07, 6.45) is 3.08. The van der Waals surface area contributed by atoms with Gasteiger partial charge in [-0.25, -0.2) is 0 Å². The summed E-state index contributed by atoms with van der Waals surface area (Å²) in [5.41, 5.74) is 5.77. The molecule has 0 amide bonds. The van der Waals surface area contributed by atoms with Crippen LogP contribution in [0.25, 0.3) is 0 Å². The van der Waals surface area contributed by atoms with Crippen LogP contribution in [-0.4, -0.2) is 29.2 Å². The van der Waals surface area contributed by atoms with Gasteiger partial charge in [-0.3, -0.25) is 4.90 Å². The van der Waals surface area contributed by atoms with Gasteiger partial charge in [0.05, 0.1) is 6.10 Å². The van der Waals surface area contributed by atoms with Gasteiger partial charge in [0.2, 0.25) is 0 Å². The van der Waals surface area contributed by atoms with Gasteiger partial charge in [0.1, 0.15) is 0 Å². The number of rotatable bonds is 2. The van der Waals surface area contributed by atoms with Crippen molar-refractivity contribution in [2.45, 2.75) is 59.1 Å². The minimum atomic E-state index is -0.138. The minimum absolute atomic E-state index is 0.138. The van der Waals surface area contributed by atoms with Crippen LogP contribution in [0.4, 0.5) is 0 Å². The summed E-state index contributed by atoms with van der Waals surface area (Å²) in [6, 6.07) is 5.18. The van der Waals surface area contributed by atoms with Gasteiger partial charge < -0.3 is 5.11 Å². The molecule has 2 heteroatoms. The maximum atomic E-state index is 10.6. The molecule has 116 valence electrons. The Morgan fingerprint density at radius 2 is 1.95 bits per heavy atom. The number of piperidine rings is 1. The van der Waals surface area contributed by atoms with Gasteiger partial charge in [-0.05, 0) is 67.2 Å². The molecule has 1 aromatic rings. The van der Waals surface area contributed by atoms with Crippen molar-refractivity contribution in [2.75, 3.05) is 13.1 Å². The SMILES string of the molecule is Cc1cc2c(cc1C)[C@@H]1C[C@H](O)[C@@H](CC(C)C)CN1CC2. The van der Waals surface area contributed by atoms with E-state index < -0.39 is 0 Å². The summed E-state index contributed by atoms with van der Waals surface area (Å²) >= 11 is 0. The molecule has 0 unspecified atom stereocenters. The minimum Gasteiger partial charge on any atom is -0.393 e. The molecule has 0 aliphatic carbocycles. The fraction of sp³-hybridized carbons (Fsp3) is 0.684. The molecular formula is C19H29NO. The van der Waals surface area contributed by atoms with Gasteiger partial charge in [-0.15, -0.1) is 0 Å². The van der Waals surface area contributed by atoms with Crippen LogP contribution in [0.15, 0.2) is 12.1 Å². The normalized spacial score (nSPS) is 29.3. The second-order valence-corrected chi connectivity index (χ2v) is 7.59. The van der Waals surface area contributed by atoms with Crippen molar-refractivity contribution in [3.63, 3.8) is 0 Å². The summed E-state index contributed by atoms with van der Waals surface area (Å²) in [5, 5.41) is 10.6. The number of aliphatic hydroxyl groups is 1. The van der Waals surface area contributed by atoms with Crippen molar-refractivity contribution in [1.29, 1.82) is 0 Å². The Kier molecular flexibility index (Phi) is 4.11. The van der Waals surface area contributed by atoms with E-state index in [2.05, 4.69) is 44.7 Å². The average molecular weight is 287 g/mol. The average Bonchev–Trinajstić information content (AvgIpc) is 2.41. The van der Waals surface area contributed by atoms with Gasteiger partial charge in [0.15, 0.2) is 0 Å². The van der Waals surface area contributed by atoms with Gasteiger partial charge in [-0.2, -0.15) is 0 Å². The van der Waals surface area contributed by atoms with Crippen LogP contribution in [0.3, 0.4) is 0 Å². The highest BCUT2D eigenvalue weighted by atomic mass is 16.3. The number of nitrogens with zero attached hydrogens (tertiary/aromatic N) is 1. The maximum Gasteiger partial charge on any atom is 0.0598 e. The van der Waals surface area contributed by atoms with E-state index in [4.69, 9.17) is 0 Å². The van der Waals surface area contributed by atoms with Crippen LogP contribution in [0.2, 0.25) is 0 Å². The highest BCUT2D eigenvalue weighted by Gasteiger charge is 2.38. The first kappa shape index (κ1) is 15.1. The van der Waals surface area contributed by atoms with E-state index in [1.165, 1.54) is 22.3 Å². The fourth-order valence-electron chi connectivity index (χ4n) is 4.22. The number of aryl methyl sites for hydroxylation is 2. The van der Waals surface area contributed by atoms with Crippen molar-refractivity contribution in [2.24, 2.45) is 11.8 Å². The molecule has 0 saturated carbocycles. The van der Waals surface area contributed by atoms with Crippen LogP contribution < -0.4 is 0 Å². The second kappa shape index (κ2) is 5.73. The van der Waals surface area contributed by atoms with Gasteiger partial charge in [-0.1, -0.05) is 26.0 Å². The largest absolute Gasteiger partial charge is 0.393 e. The van der Waals surface area contributed by atoms with E-state index in [0.29, 0.717) is 17.9 Å². The third kappa shape index (κ3) is 2.89. The number of fused-ring (bicyclic) bond motifs is 3. The van der Waals surface area contributed by atoms with Crippen LogP contribution in [0, 0.1) is 25.7 Å². The zero-order valence-corrected chi connectivity index (χ0v) is 13.9. The van der Waals surface area contributed by atoms with Gasteiger partial charge in [0.25, 0.3) is 0 Å². The molecule has 0 aromatic heterocycles. The lowest BCUT2D eigenvalue weighted by Crippen LogP contribution is -2.48. The molecule has 0 radical (unpaired) electrons. The molecule has 1 fully saturated rings. The fourth-order valence-corrected chi connectivity index (χ4v) is 4.22. The summed E-state index contributed by atoms with van der Waals surface area (Å²) in [5.74, 6) is 1.12. The molecule has 0 bridgehead atoms. The zero-order valence-electron chi connectivity index (χ0n) is 13.9. The zero-order chi connectivity index (χ0) is 15.1. The Morgan fingerprint density at radius 3 is 2.67 bits per heavy atom. The highest BCUT2D eigenvalue weighted by molar-refractivity contribution is 5.41. The topological polar surface area (TPSA) is 23.5 Å². The Hall–Kier alpha value is -0.860. The summed E-state index contributed by atoms with van der Waals surface area (Å²) in [4.78, 5) is 2.62. The summed E-state index contributed by atoms with van der Waals surface area (Å²) in [7, 11) is 0. The Morgan fingerprint density at radius 1 is 1.24 bits per heavy atom. The predicted octanol–water partition coefficient (Wildman–Crippen LogP) is 3.63. The molecule has 2 aliphatic rings. The van der Waals surface area contributed by atoms with Crippen LogP contribution in [0.1, 0.15) is 55.0 Å². The number of hydrogen-bond donors (Lipinski definition) is 1. The maximum absolute atomic E-state index is 10.6. The lowest BCUT2D eigenvalue weighted by atomic mass is 9.78. The van der Waals surface area contributed by atoms with Crippen molar-refractivity contribution in [3.05, 3.63) is 34.4 Å². The third-order valence-corrected chi connectivity index (χ3v) is 5.48. The first-order chi connectivity index (χ1) is 9.95. The molecule has 1 aromatic carbocycles. The van der Waals surface area contributed by atoms with Crippen molar-refractivity contribution in [1.82, 2.24) is 4.90 Å². The van der Waals surface area contributed by atoms with E-state index in [0.717, 1.165) is 32.4 Å². The third-order valence-electron chi connectivity index (χ3n) is 5.48. The first-order valence-electron chi connectivity index (χ1n) is 8.48. The van der Waals surface area contributed by atoms with Gasteiger partial charge >= 0.3 is 0 Å². The second-order valence-electron chi connectivity index (χ2n) is 7.59. The lowest BCUT2D eigenvalue weighted by molar-refractivity contribution is -0.0191. The number of hydrogen-bond acceptors (Lipinski definition) is 2. The monoisotopic (exact) mass is 287 g/mol. The molecule has 21 heavy (non-hydrogen) atoms. The predicted molar refractivity (Wildman–Crippen MR) is 87.5 cm³/mol. The highest BCUT2D eigenvalue weighted by Crippen LogP contribution is 2.40. The van der Waals surface area contributed by atoms with Crippen molar-refractivity contribution >= 4 is 0 Å². The van der Waals surface area contributed by atoms with Crippen LogP contribution >= 0.6 is 0 Å². The van der Waals surface area contributed by atoms with Gasteiger partial charge in [0, 0.05) is 19.1 Å². The molecule has 1 N–H and O–H groups in total. The summed E-state index contributed by atoms with van der Waals surface area (Å²) < 4.78 is 0. The Labute approximate surface area is 129 Å². The molecular weight excluding hydrogens is 258 g/mol. The number of benzene rings is 1. The lowest BCUT2D eigenvalue weighted by Gasteiger charge is -2.46. The smallest absolute Gasteiger partial charge is 0.0598 e. The molecule has 1 saturated heterocycles. The molecule has 2 nitrogen and oxygen atoms in total. The first-order valence-corrected chi connectivity index (χ1v) is 8.48. The standard InChI is InChI=1S/C19H29NO/c1-12(2)7-16-11-20-6-5-15-8-13(3)14(4)9-17(15)18(20)10-19(16)21/h8-9,12,16,18-19,21H,5-7,10-11H2,1-4H3/t16-,18-,19-/m0/s1. The van der Waals surface area contributed by atoms with Crippen LogP contribution in [-0.2, 0) is 6.42 Å². The Balaban J connectivity index is 1.85. The number of aliphatic hydroxyl groups excluding tert-OH is 1. The van der Waals surface area contributed by atoms with Crippen LogP contribution in [0.5, 0.6) is 0 Å². The summed E-state index contributed by atoms with van der Waals surface area (Å²) in [6.45, 7) is 11.1. The van der Waals surface area contributed by atoms with Crippen molar-refractivity contribution in [3.8, 4) is 0 Å². The van der Waals surface area contributed by atoms with E-state index in [1.807, 2.05) is 0 Å². The molecule has 2 heterocycles. The molecule has 3 rings (SSSR count). The van der Waals surface area contributed by atoms with E-state index in [9.17, 15) is 5.11 Å². The molecule has 3 atom stereocenters. The molecule has 0 spiro atoms. The van der Waals surface area contributed by atoms with E-state index in [-0.39, 0.29) is 6.10 Å². The van der Waals surface area contributed by atoms with E-state index >= 15 is 0 Å². The molecule has 2 aliphatic heterocycles. The quantitative estimate of drug-likeness (QED) is 0.898. The van der Waals surface area contributed by atoms with Crippen molar-refractivity contribution < 1.29 is 5.11 Å².